The molecule has 33 heavy (non-hydrogen) atoms. The fourth-order valence-corrected chi connectivity index (χ4v) is 4.16. The van der Waals surface area contributed by atoms with E-state index in [1.807, 2.05) is 6.07 Å². The third-order valence-electron chi connectivity index (χ3n) is 5.23. The fourth-order valence-electron chi connectivity index (χ4n) is 3.66. The second-order valence-corrected chi connectivity index (χ2v) is 8.35. The monoisotopic (exact) mass is 523 g/mol. The predicted molar refractivity (Wildman–Crippen MR) is 119 cm³/mol. The van der Waals surface area contributed by atoms with Gasteiger partial charge in [-0.15, -0.1) is 0 Å². The summed E-state index contributed by atoms with van der Waals surface area (Å²) in [4.78, 5) is 38.8. The van der Waals surface area contributed by atoms with Crippen LogP contribution in [0.5, 0.6) is 0 Å². The Morgan fingerprint density at radius 1 is 1.27 bits per heavy atom. The Kier molecular flexibility index (Phi) is 8.65. The number of aryl methyl sites for hydroxylation is 1. The number of esters is 1. The van der Waals surface area contributed by atoms with Crippen LogP contribution in [0.1, 0.15) is 49.0 Å². The van der Waals surface area contributed by atoms with Crippen LogP contribution >= 0.6 is 15.9 Å². The third kappa shape index (κ3) is 5.82. The van der Waals surface area contributed by atoms with E-state index in [-0.39, 0.29) is 19.0 Å². The average Bonchev–Trinajstić information content (AvgIpc) is 3.36. The molecule has 3 rings (SSSR count). The first kappa shape index (κ1) is 24.9. The molecule has 1 aromatic carbocycles. The molecule has 0 unspecified atom stereocenters. The molecule has 1 N–H and O–H groups in total. The molecular formula is C23H26BrNO8. The van der Waals surface area contributed by atoms with E-state index in [0.29, 0.717) is 29.5 Å². The second-order valence-electron chi connectivity index (χ2n) is 7.50. The quantitative estimate of drug-likeness (QED) is 0.370. The van der Waals surface area contributed by atoms with Crippen molar-refractivity contribution in [2.75, 3.05) is 20.3 Å². The Morgan fingerprint density at radius 2 is 2.00 bits per heavy atom. The summed E-state index contributed by atoms with van der Waals surface area (Å²) in [6.45, 7) is 1.28. The van der Waals surface area contributed by atoms with Gasteiger partial charge >= 0.3 is 12.1 Å². The molecule has 1 aromatic heterocycles. The van der Waals surface area contributed by atoms with Gasteiger partial charge in [-0.2, -0.15) is 0 Å². The van der Waals surface area contributed by atoms with Gasteiger partial charge in [-0.05, 0) is 40.4 Å². The molecule has 3 atom stereocenters. The Bertz CT molecular complexity index is 976. The van der Waals surface area contributed by atoms with Crippen LogP contribution in [0.25, 0.3) is 0 Å². The Morgan fingerprint density at radius 3 is 2.64 bits per heavy atom. The van der Waals surface area contributed by atoms with E-state index < -0.39 is 36.2 Å². The highest BCUT2D eigenvalue weighted by Crippen LogP contribution is 2.35. The Labute approximate surface area is 199 Å². The minimum Gasteiger partial charge on any atom is -0.461 e. The molecule has 0 radical (unpaired) electrons. The Balaban J connectivity index is 1.91. The summed E-state index contributed by atoms with van der Waals surface area (Å²) in [7, 11) is 1.29. The molecule has 9 nitrogen and oxygen atoms in total. The van der Waals surface area contributed by atoms with Gasteiger partial charge in [0, 0.05) is 27.1 Å². The van der Waals surface area contributed by atoms with Gasteiger partial charge in [-0.25, -0.2) is 9.69 Å². The molecule has 2 heterocycles. The lowest BCUT2D eigenvalue weighted by Gasteiger charge is -2.28. The number of furan rings is 1. The van der Waals surface area contributed by atoms with E-state index >= 15 is 0 Å². The molecule has 0 saturated carbocycles. The van der Waals surface area contributed by atoms with Crippen molar-refractivity contribution in [1.82, 2.24) is 4.90 Å². The number of rotatable bonds is 10. The number of nitrogens with zero attached hydrogens (tertiary/aromatic N) is 1. The van der Waals surface area contributed by atoms with E-state index in [0.717, 1.165) is 10.5 Å². The van der Waals surface area contributed by atoms with Crippen LogP contribution in [0, 0.1) is 0 Å². The van der Waals surface area contributed by atoms with Crippen LogP contribution in [0.2, 0.25) is 0 Å². The van der Waals surface area contributed by atoms with Crippen LogP contribution in [0.15, 0.2) is 45.3 Å². The summed E-state index contributed by atoms with van der Waals surface area (Å²) in [5.74, 6) is -0.581. The molecule has 1 aliphatic rings. The molecule has 1 saturated heterocycles. The lowest BCUT2D eigenvalue weighted by molar-refractivity contribution is -0.164. The van der Waals surface area contributed by atoms with Crippen LogP contribution in [0.3, 0.4) is 0 Å². The van der Waals surface area contributed by atoms with Crippen LogP contribution in [-0.4, -0.2) is 54.4 Å². The highest BCUT2D eigenvalue weighted by molar-refractivity contribution is 9.10. The maximum absolute atomic E-state index is 13.5. The maximum Gasteiger partial charge on any atom is 0.417 e. The van der Waals surface area contributed by atoms with Crippen molar-refractivity contribution in [3.05, 3.63) is 58.0 Å². The SMILES string of the molecule is CO[C@H](C(=O)N1C(=O)OC[C@@H]1c1ccccc1)[C@H](OC(C)=O)c1cc(Br)c(CCCCO)o1. The predicted octanol–water partition coefficient (Wildman–Crippen LogP) is 3.70. The van der Waals surface area contributed by atoms with Crippen molar-refractivity contribution >= 4 is 33.9 Å². The highest BCUT2D eigenvalue weighted by atomic mass is 79.9. The minimum atomic E-state index is -1.35. The zero-order chi connectivity index (χ0) is 24.0. The van der Waals surface area contributed by atoms with E-state index in [4.69, 9.17) is 23.7 Å². The number of unbranched alkanes of at least 4 members (excludes halogenated alkanes) is 1. The van der Waals surface area contributed by atoms with Crippen molar-refractivity contribution in [1.29, 1.82) is 0 Å². The summed E-state index contributed by atoms with van der Waals surface area (Å²) in [5.41, 5.74) is 0.725. The number of ether oxygens (including phenoxy) is 3. The van der Waals surface area contributed by atoms with Crippen molar-refractivity contribution in [2.24, 2.45) is 0 Å². The number of cyclic esters (lactones) is 1. The van der Waals surface area contributed by atoms with Gasteiger partial charge < -0.3 is 23.7 Å². The van der Waals surface area contributed by atoms with Gasteiger partial charge in [0.1, 0.15) is 24.2 Å². The van der Waals surface area contributed by atoms with Crippen molar-refractivity contribution in [3.8, 4) is 0 Å². The number of benzene rings is 1. The molecule has 10 heteroatoms. The third-order valence-corrected chi connectivity index (χ3v) is 5.90. The number of amides is 2. The van der Waals surface area contributed by atoms with Crippen molar-refractivity contribution in [3.63, 3.8) is 0 Å². The summed E-state index contributed by atoms with van der Waals surface area (Å²) in [6, 6.07) is 9.98. The fraction of sp³-hybridized carbons (Fsp3) is 0.435. The zero-order valence-corrected chi connectivity index (χ0v) is 19.9. The number of aliphatic hydroxyl groups excluding tert-OH is 1. The second kappa shape index (κ2) is 11.4. The number of hydrogen-bond donors (Lipinski definition) is 1. The number of methoxy groups -OCH3 is 1. The Hall–Kier alpha value is -2.69. The van der Waals surface area contributed by atoms with E-state index in [2.05, 4.69) is 15.9 Å². The molecular weight excluding hydrogens is 498 g/mol. The molecule has 2 aromatic rings. The number of imide groups is 1. The molecule has 1 fully saturated rings. The van der Waals surface area contributed by atoms with Gasteiger partial charge in [-0.3, -0.25) is 9.59 Å². The van der Waals surface area contributed by atoms with E-state index in [1.54, 1.807) is 30.3 Å². The summed E-state index contributed by atoms with van der Waals surface area (Å²) in [5, 5.41) is 9.00. The lowest BCUT2D eigenvalue weighted by atomic mass is 10.0. The molecule has 0 bridgehead atoms. The zero-order valence-electron chi connectivity index (χ0n) is 18.4. The largest absolute Gasteiger partial charge is 0.461 e. The number of carbonyl (C=O) groups excluding carboxylic acids is 3. The molecule has 1 aliphatic heterocycles. The van der Waals surface area contributed by atoms with Gasteiger partial charge in [0.15, 0.2) is 12.2 Å². The highest BCUT2D eigenvalue weighted by Gasteiger charge is 2.46. The first-order chi connectivity index (χ1) is 15.9. The lowest BCUT2D eigenvalue weighted by Crippen LogP contribution is -2.45. The average molecular weight is 524 g/mol. The number of halogens is 1. The summed E-state index contributed by atoms with van der Waals surface area (Å²) in [6.07, 6.45) is -1.56. The topological polar surface area (TPSA) is 116 Å². The van der Waals surface area contributed by atoms with Crippen LogP contribution in [0.4, 0.5) is 4.79 Å². The van der Waals surface area contributed by atoms with E-state index in [1.165, 1.54) is 14.0 Å². The van der Waals surface area contributed by atoms with Gasteiger partial charge in [0.2, 0.25) is 0 Å². The smallest absolute Gasteiger partial charge is 0.417 e. The number of carbonyl (C=O) groups is 3. The van der Waals surface area contributed by atoms with Crippen molar-refractivity contribution in [2.45, 2.75) is 44.4 Å². The number of aliphatic hydroxyl groups is 1. The summed E-state index contributed by atoms with van der Waals surface area (Å²) < 4.78 is 22.5. The van der Waals surface area contributed by atoms with Crippen LogP contribution < -0.4 is 0 Å². The first-order valence-corrected chi connectivity index (χ1v) is 11.3. The van der Waals surface area contributed by atoms with Crippen molar-refractivity contribution < 1.29 is 38.1 Å². The normalized spacial score (nSPS) is 17.5. The van der Waals surface area contributed by atoms with Gasteiger partial charge in [-0.1, -0.05) is 30.3 Å². The van der Waals surface area contributed by atoms with Gasteiger partial charge in [0.25, 0.3) is 5.91 Å². The van der Waals surface area contributed by atoms with Crippen LogP contribution in [-0.2, 0) is 30.2 Å². The molecule has 2 amide bonds. The number of hydrogen-bond acceptors (Lipinski definition) is 8. The molecule has 0 spiro atoms. The maximum atomic E-state index is 13.5. The standard InChI is InChI=1S/C23H26BrNO8/c1-14(27)32-20(19-12-16(24)18(33-19)10-6-7-11-26)21(30-2)22(28)25-17(13-31-23(25)29)15-8-4-3-5-9-15/h3-5,8-9,12,17,20-21,26H,6-7,10-11,13H2,1-2H3/t17-,20-,21+/m1/s1. The summed E-state index contributed by atoms with van der Waals surface area (Å²) >= 11 is 3.42. The van der Waals surface area contributed by atoms with Gasteiger partial charge in [0.05, 0.1) is 4.47 Å². The van der Waals surface area contributed by atoms with E-state index in [9.17, 15) is 14.4 Å². The molecule has 178 valence electrons. The minimum absolute atomic E-state index is 0.00452. The molecule has 0 aliphatic carbocycles. The first-order valence-electron chi connectivity index (χ1n) is 10.5.